The number of amides is 1. The molecule has 1 atom stereocenters. The summed E-state index contributed by atoms with van der Waals surface area (Å²) in [7, 11) is 0. The summed E-state index contributed by atoms with van der Waals surface area (Å²) in [6.07, 6.45) is -4.75. The lowest BCUT2D eigenvalue weighted by Gasteiger charge is -2.15. The summed E-state index contributed by atoms with van der Waals surface area (Å²) in [4.78, 5) is 28.7. The van der Waals surface area contributed by atoms with Crippen molar-refractivity contribution < 1.29 is 22.7 Å². The van der Waals surface area contributed by atoms with E-state index in [0.717, 1.165) is 0 Å². The number of imidazole rings is 1. The van der Waals surface area contributed by atoms with Gasteiger partial charge in [-0.25, -0.2) is 4.79 Å². The van der Waals surface area contributed by atoms with Crippen LogP contribution in [-0.4, -0.2) is 22.2 Å². The molecule has 0 aliphatic heterocycles. The Morgan fingerprint density at radius 2 is 1.73 bits per heavy atom. The molecule has 0 saturated carbocycles. The summed E-state index contributed by atoms with van der Waals surface area (Å²) in [5.74, 6) is -0.710. The Morgan fingerprint density at radius 1 is 1.08 bits per heavy atom. The summed E-state index contributed by atoms with van der Waals surface area (Å²) in [6, 6.07) is 9.52. The Morgan fingerprint density at radius 3 is 2.38 bits per heavy atom. The molecule has 0 aliphatic rings. The number of aromatic amines is 2. The number of rotatable bonds is 4. The molecule has 1 amide bonds. The normalized spacial score (nSPS) is 12.8. The first-order valence-corrected chi connectivity index (χ1v) is 7.60. The molecule has 1 unspecified atom stereocenters. The SMILES string of the molecule is CC(NC(=O)c1ccc2[nH]c(=O)[nH]c2c1)c1ccc(OC(F)(F)F)cc1. The number of aromatic nitrogens is 2. The van der Waals surface area contributed by atoms with Gasteiger partial charge >= 0.3 is 12.1 Å². The lowest BCUT2D eigenvalue weighted by atomic mass is 10.1. The Balaban J connectivity index is 1.70. The van der Waals surface area contributed by atoms with Crippen molar-refractivity contribution in [1.29, 1.82) is 0 Å². The van der Waals surface area contributed by atoms with E-state index in [0.29, 0.717) is 22.2 Å². The van der Waals surface area contributed by atoms with Gasteiger partial charge in [-0.3, -0.25) is 4.79 Å². The Hall–Kier alpha value is -3.23. The van der Waals surface area contributed by atoms with Crippen LogP contribution in [-0.2, 0) is 0 Å². The maximum absolute atomic E-state index is 12.3. The highest BCUT2D eigenvalue weighted by Crippen LogP contribution is 2.24. The zero-order valence-corrected chi connectivity index (χ0v) is 13.5. The van der Waals surface area contributed by atoms with Crippen molar-refractivity contribution in [2.24, 2.45) is 0 Å². The predicted molar refractivity (Wildman–Crippen MR) is 87.9 cm³/mol. The molecule has 3 rings (SSSR count). The van der Waals surface area contributed by atoms with Gasteiger partial charge in [-0.15, -0.1) is 13.2 Å². The number of carbonyl (C=O) groups is 1. The minimum absolute atomic E-state index is 0.332. The molecule has 0 radical (unpaired) electrons. The third kappa shape index (κ3) is 4.05. The predicted octanol–water partition coefficient (Wildman–Crippen LogP) is 3.25. The van der Waals surface area contributed by atoms with Crippen LogP contribution in [0.1, 0.15) is 28.9 Å². The van der Waals surface area contributed by atoms with Crippen LogP contribution in [0, 0.1) is 0 Å². The van der Waals surface area contributed by atoms with Crippen LogP contribution in [0.2, 0.25) is 0 Å². The summed E-state index contributed by atoms with van der Waals surface area (Å²) in [5.41, 5.74) is 1.68. The standard InChI is InChI=1S/C17H14F3N3O3/c1-9(10-2-5-12(6-3-10)26-17(18,19)20)21-15(24)11-4-7-13-14(8-11)23-16(25)22-13/h2-9H,1H3,(H,21,24)(H2,22,23,25). The molecule has 0 spiro atoms. The quantitative estimate of drug-likeness (QED) is 0.663. The summed E-state index contributed by atoms with van der Waals surface area (Å²) >= 11 is 0. The minimum atomic E-state index is -4.75. The highest BCUT2D eigenvalue weighted by Gasteiger charge is 2.31. The van der Waals surface area contributed by atoms with Gasteiger partial charge in [0.1, 0.15) is 5.75 Å². The fraction of sp³-hybridized carbons (Fsp3) is 0.176. The second-order valence-electron chi connectivity index (χ2n) is 5.65. The van der Waals surface area contributed by atoms with E-state index < -0.39 is 12.4 Å². The number of H-pyrrole nitrogens is 2. The highest BCUT2D eigenvalue weighted by molar-refractivity contribution is 5.97. The Labute approximate surface area is 145 Å². The van der Waals surface area contributed by atoms with Gasteiger partial charge in [-0.1, -0.05) is 12.1 Å². The topological polar surface area (TPSA) is 87.0 Å². The summed E-state index contributed by atoms with van der Waals surface area (Å²) in [6.45, 7) is 1.70. The number of alkyl halides is 3. The van der Waals surface area contributed by atoms with Crippen molar-refractivity contribution in [1.82, 2.24) is 15.3 Å². The zero-order valence-electron chi connectivity index (χ0n) is 13.5. The molecule has 0 aliphatic carbocycles. The first-order chi connectivity index (χ1) is 12.2. The van der Waals surface area contributed by atoms with Gasteiger partial charge in [-0.05, 0) is 42.8 Å². The van der Waals surface area contributed by atoms with Gasteiger partial charge in [0.25, 0.3) is 5.91 Å². The smallest absolute Gasteiger partial charge is 0.406 e. The van der Waals surface area contributed by atoms with E-state index in [1.54, 1.807) is 19.1 Å². The van der Waals surface area contributed by atoms with Crippen LogP contribution < -0.4 is 15.7 Å². The van der Waals surface area contributed by atoms with Crippen molar-refractivity contribution in [3.63, 3.8) is 0 Å². The number of benzene rings is 2. The van der Waals surface area contributed by atoms with Gasteiger partial charge in [0.05, 0.1) is 17.1 Å². The molecule has 26 heavy (non-hydrogen) atoms. The van der Waals surface area contributed by atoms with Crippen LogP contribution in [0.4, 0.5) is 13.2 Å². The van der Waals surface area contributed by atoms with Gasteiger partial charge in [-0.2, -0.15) is 0 Å². The summed E-state index contributed by atoms with van der Waals surface area (Å²) in [5, 5.41) is 2.75. The fourth-order valence-corrected chi connectivity index (χ4v) is 2.50. The average molecular weight is 365 g/mol. The van der Waals surface area contributed by atoms with E-state index in [4.69, 9.17) is 0 Å². The van der Waals surface area contributed by atoms with E-state index in [1.807, 2.05) is 0 Å². The van der Waals surface area contributed by atoms with Gasteiger partial charge in [0.15, 0.2) is 0 Å². The third-order valence-corrected chi connectivity index (χ3v) is 3.74. The van der Waals surface area contributed by atoms with Gasteiger partial charge < -0.3 is 20.0 Å². The van der Waals surface area contributed by atoms with E-state index >= 15 is 0 Å². The second kappa shape index (κ2) is 6.58. The number of hydrogen-bond donors (Lipinski definition) is 3. The number of ether oxygens (including phenoxy) is 1. The van der Waals surface area contributed by atoms with Gasteiger partial charge in [0.2, 0.25) is 0 Å². The number of carbonyl (C=O) groups excluding carboxylic acids is 1. The molecule has 136 valence electrons. The molecule has 2 aromatic carbocycles. The molecule has 6 nitrogen and oxygen atoms in total. The van der Waals surface area contributed by atoms with Crippen molar-refractivity contribution in [3.8, 4) is 5.75 Å². The molecule has 9 heteroatoms. The molecule has 3 N–H and O–H groups in total. The molecule has 0 bridgehead atoms. The largest absolute Gasteiger partial charge is 0.573 e. The molecule has 1 aromatic heterocycles. The lowest BCUT2D eigenvalue weighted by Crippen LogP contribution is -2.26. The number of fused-ring (bicyclic) bond motifs is 1. The van der Waals surface area contributed by atoms with E-state index in [-0.39, 0.29) is 17.3 Å². The van der Waals surface area contributed by atoms with Crippen molar-refractivity contribution in [2.45, 2.75) is 19.3 Å². The number of hydrogen-bond acceptors (Lipinski definition) is 3. The zero-order chi connectivity index (χ0) is 18.9. The second-order valence-corrected chi connectivity index (χ2v) is 5.65. The van der Waals surface area contributed by atoms with Crippen LogP contribution >= 0.6 is 0 Å². The van der Waals surface area contributed by atoms with E-state index in [9.17, 15) is 22.8 Å². The number of nitrogens with one attached hydrogen (secondary N) is 3. The maximum Gasteiger partial charge on any atom is 0.573 e. The first kappa shape index (κ1) is 17.6. The molecular formula is C17H14F3N3O3. The average Bonchev–Trinajstić information content (AvgIpc) is 2.93. The maximum atomic E-state index is 12.3. The Kier molecular flexibility index (Phi) is 4.45. The first-order valence-electron chi connectivity index (χ1n) is 7.60. The molecule has 0 saturated heterocycles. The molecular weight excluding hydrogens is 351 g/mol. The van der Waals surface area contributed by atoms with Crippen LogP contribution in [0.15, 0.2) is 47.3 Å². The molecule has 1 heterocycles. The van der Waals surface area contributed by atoms with Crippen LogP contribution in [0.25, 0.3) is 11.0 Å². The van der Waals surface area contributed by atoms with Crippen LogP contribution in [0.5, 0.6) is 5.75 Å². The lowest BCUT2D eigenvalue weighted by molar-refractivity contribution is -0.274. The fourth-order valence-electron chi connectivity index (χ4n) is 2.50. The van der Waals surface area contributed by atoms with Crippen molar-refractivity contribution in [3.05, 3.63) is 64.1 Å². The van der Waals surface area contributed by atoms with E-state index in [1.165, 1.54) is 30.3 Å². The van der Waals surface area contributed by atoms with Gasteiger partial charge in [0, 0.05) is 5.56 Å². The number of halogens is 3. The third-order valence-electron chi connectivity index (χ3n) is 3.74. The van der Waals surface area contributed by atoms with E-state index in [2.05, 4.69) is 20.0 Å². The monoisotopic (exact) mass is 365 g/mol. The van der Waals surface area contributed by atoms with Crippen molar-refractivity contribution >= 4 is 16.9 Å². The Bertz CT molecular complexity index is 990. The minimum Gasteiger partial charge on any atom is -0.406 e. The summed E-state index contributed by atoms with van der Waals surface area (Å²) < 4.78 is 40.3. The molecule has 3 aromatic rings. The highest BCUT2D eigenvalue weighted by atomic mass is 19.4. The van der Waals surface area contributed by atoms with Crippen LogP contribution in [0.3, 0.4) is 0 Å². The molecule has 0 fully saturated rings. The van der Waals surface area contributed by atoms with Crippen molar-refractivity contribution in [2.75, 3.05) is 0 Å².